The molecule has 0 aliphatic rings. The predicted molar refractivity (Wildman–Crippen MR) is 99.7 cm³/mol. The first kappa shape index (κ1) is 17.2. The van der Waals surface area contributed by atoms with Crippen molar-refractivity contribution in [1.29, 1.82) is 0 Å². The van der Waals surface area contributed by atoms with E-state index in [-0.39, 0.29) is 12.5 Å². The number of ether oxygens (including phenoxy) is 2. The molecule has 3 rings (SSSR count). The zero-order valence-electron chi connectivity index (χ0n) is 14.1. The van der Waals surface area contributed by atoms with Crippen molar-refractivity contribution in [2.75, 3.05) is 19.0 Å². The first-order valence-corrected chi connectivity index (χ1v) is 8.33. The molecule has 25 heavy (non-hydrogen) atoms. The average molecular weight is 359 g/mol. The normalized spacial score (nSPS) is 10.7. The highest BCUT2D eigenvalue weighted by atomic mass is 35.5. The number of amides is 1. The molecule has 0 aliphatic carbocycles. The van der Waals surface area contributed by atoms with E-state index in [2.05, 4.69) is 5.32 Å². The minimum Gasteiger partial charge on any atom is -0.495 e. The van der Waals surface area contributed by atoms with Crippen LogP contribution in [-0.2, 0) is 11.3 Å². The van der Waals surface area contributed by atoms with Gasteiger partial charge in [0.05, 0.1) is 19.4 Å². The number of nitrogens with zero attached hydrogens (tertiary/aromatic N) is 1. The number of hydrogen-bond acceptors (Lipinski definition) is 3. The van der Waals surface area contributed by atoms with E-state index in [1.165, 1.54) is 0 Å². The van der Waals surface area contributed by atoms with Crippen LogP contribution in [0.2, 0.25) is 5.02 Å². The molecular weight excluding hydrogens is 340 g/mol. The van der Waals surface area contributed by atoms with Gasteiger partial charge in [-0.15, -0.1) is 0 Å². The van der Waals surface area contributed by atoms with Crippen LogP contribution in [0.25, 0.3) is 10.9 Å². The number of rotatable bonds is 6. The van der Waals surface area contributed by atoms with Gasteiger partial charge in [-0.3, -0.25) is 4.79 Å². The van der Waals surface area contributed by atoms with Crippen LogP contribution in [0.3, 0.4) is 0 Å². The van der Waals surface area contributed by atoms with Crippen LogP contribution >= 0.6 is 11.6 Å². The SMILES string of the molecule is CCOc1ccc2c(ccn2CC(=O)Nc2cc(Cl)ccc2OC)c1. The van der Waals surface area contributed by atoms with Crippen molar-refractivity contribution >= 4 is 34.1 Å². The van der Waals surface area contributed by atoms with E-state index in [9.17, 15) is 4.79 Å². The molecule has 3 aromatic rings. The Morgan fingerprint density at radius 2 is 2.04 bits per heavy atom. The van der Waals surface area contributed by atoms with E-state index < -0.39 is 0 Å². The average Bonchev–Trinajstić information content (AvgIpc) is 2.97. The topological polar surface area (TPSA) is 52.5 Å². The fourth-order valence-electron chi connectivity index (χ4n) is 2.69. The third-order valence-corrected chi connectivity index (χ3v) is 4.04. The third kappa shape index (κ3) is 3.88. The Hall–Kier alpha value is -2.66. The van der Waals surface area contributed by atoms with Crippen LogP contribution in [-0.4, -0.2) is 24.2 Å². The van der Waals surface area contributed by atoms with Gasteiger partial charge in [0.1, 0.15) is 18.0 Å². The maximum atomic E-state index is 12.4. The Balaban J connectivity index is 1.77. The molecule has 1 N–H and O–H groups in total. The van der Waals surface area contributed by atoms with Gasteiger partial charge in [0, 0.05) is 22.1 Å². The van der Waals surface area contributed by atoms with Crippen LogP contribution in [0.1, 0.15) is 6.92 Å². The number of anilines is 1. The van der Waals surface area contributed by atoms with E-state index in [1.54, 1.807) is 25.3 Å². The fourth-order valence-corrected chi connectivity index (χ4v) is 2.87. The lowest BCUT2D eigenvalue weighted by Gasteiger charge is -2.11. The molecule has 1 aromatic heterocycles. The largest absolute Gasteiger partial charge is 0.495 e. The zero-order valence-corrected chi connectivity index (χ0v) is 14.8. The maximum absolute atomic E-state index is 12.4. The Morgan fingerprint density at radius 3 is 2.80 bits per heavy atom. The van der Waals surface area contributed by atoms with Crippen LogP contribution in [0.4, 0.5) is 5.69 Å². The highest BCUT2D eigenvalue weighted by Gasteiger charge is 2.11. The van der Waals surface area contributed by atoms with E-state index in [4.69, 9.17) is 21.1 Å². The number of carbonyl (C=O) groups excluding carboxylic acids is 1. The van der Waals surface area contributed by atoms with E-state index in [0.717, 1.165) is 16.7 Å². The Kier molecular flexibility index (Phi) is 5.14. The summed E-state index contributed by atoms with van der Waals surface area (Å²) in [5.74, 6) is 1.23. The van der Waals surface area contributed by atoms with Gasteiger partial charge < -0.3 is 19.4 Å². The maximum Gasteiger partial charge on any atom is 0.244 e. The molecule has 0 spiro atoms. The lowest BCUT2D eigenvalue weighted by molar-refractivity contribution is -0.116. The lowest BCUT2D eigenvalue weighted by Crippen LogP contribution is -2.18. The Bertz CT molecular complexity index is 905. The number of carbonyl (C=O) groups is 1. The molecule has 130 valence electrons. The standard InChI is InChI=1S/C19H19ClN2O3/c1-3-25-15-5-6-17-13(10-15)8-9-22(17)12-19(23)21-16-11-14(20)4-7-18(16)24-2/h4-11H,3,12H2,1-2H3,(H,21,23). The van der Waals surface area contributed by atoms with E-state index in [1.807, 2.05) is 42.0 Å². The van der Waals surface area contributed by atoms with Crippen molar-refractivity contribution in [2.45, 2.75) is 13.5 Å². The molecular formula is C19H19ClN2O3. The molecule has 0 saturated carbocycles. The minimum atomic E-state index is -0.160. The number of aromatic nitrogens is 1. The number of halogens is 1. The second kappa shape index (κ2) is 7.49. The molecule has 0 aliphatic heterocycles. The van der Waals surface area contributed by atoms with Gasteiger partial charge in [0.2, 0.25) is 5.91 Å². The molecule has 0 bridgehead atoms. The molecule has 1 heterocycles. The minimum absolute atomic E-state index is 0.160. The van der Waals surface area contributed by atoms with Gasteiger partial charge in [-0.05, 0) is 49.4 Å². The zero-order chi connectivity index (χ0) is 17.8. The Morgan fingerprint density at radius 1 is 1.20 bits per heavy atom. The smallest absolute Gasteiger partial charge is 0.244 e. The molecule has 0 fully saturated rings. The number of benzene rings is 2. The summed E-state index contributed by atoms with van der Waals surface area (Å²) in [5.41, 5.74) is 1.52. The molecule has 0 radical (unpaired) electrons. The van der Waals surface area contributed by atoms with Crippen molar-refractivity contribution in [3.05, 3.63) is 53.7 Å². The summed E-state index contributed by atoms with van der Waals surface area (Å²) >= 11 is 5.99. The molecule has 1 amide bonds. The number of hydrogen-bond donors (Lipinski definition) is 1. The van der Waals surface area contributed by atoms with E-state index >= 15 is 0 Å². The second-order valence-corrected chi connectivity index (χ2v) is 5.93. The summed E-state index contributed by atoms with van der Waals surface area (Å²) < 4.78 is 12.6. The van der Waals surface area contributed by atoms with Gasteiger partial charge in [-0.25, -0.2) is 0 Å². The third-order valence-electron chi connectivity index (χ3n) is 3.80. The molecule has 5 nitrogen and oxygen atoms in total. The van der Waals surface area contributed by atoms with Gasteiger partial charge in [0.25, 0.3) is 0 Å². The van der Waals surface area contributed by atoms with E-state index in [0.29, 0.717) is 23.1 Å². The summed E-state index contributed by atoms with van der Waals surface area (Å²) in [7, 11) is 1.55. The fraction of sp³-hybridized carbons (Fsp3) is 0.211. The summed E-state index contributed by atoms with van der Waals surface area (Å²) in [6, 6.07) is 12.9. The highest BCUT2D eigenvalue weighted by molar-refractivity contribution is 6.31. The van der Waals surface area contributed by atoms with Crippen molar-refractivity contribution in [2.24, 2.45) is 0 Å². The molecule has 0 saturated heterocycles. The quantitative estimate of drug-likeness (QED) is 0.713. The van der Waals surface area contributed by atoms with Gasteiger partial charge in [-0.1, -0.05) is 11.6 Å². The second-order valence-electron chi connectivity index (χ2n) is 5.49. The monoisotopic (exact) mass is 358 g/mol. The van der Waals surface area contributed by atoms with Gasteiger partial charge >= 0.3 is 0 Å². The molecule has 0 unspecified atom stereocenters. The summed E-state index contributed by atoms with van der Waals surface area (Å²) in [4.78, 5) is 12.4. The first-order valence-electron chi connectivity index (χ1n) is 7.96. The summed E-state index contributed by atoms with van der Waals surface area (Å²) in [6.45, 7) is 2.76. The van der Waals surface area contributed by atoms with Crippen molar-refractivity contribution < 1.29 is 14.3 Å². The predicted octanol–water partition coefficient (Wildman–Crippen LogP) is 4.34. The van der Waals surface area contributed by atoms with Crippen molar-refractivity contribution in [1.82, 2.24) is 4.57 Å². The van der Waals surface area contributed by atoms with Crippen molar-refractivity contribution in [3.8, 4) is 11.5 Å². The molecule has 0 atom stereocenters. The first-order chi connectivity index (χ1) is 12.1. The van der Waals surface area contributed by atoms with Crippen LogP contribution in [0.15, 0.2) is 48.7 Å². The number of nitrogens with one attached hydrogen (secondary N) is 1. The number of fused-ring (bicyclic) bond motifs is 1. The van der Waals surface area contributed by atoms with Gasteiger partial charge in [0.15, 0.2) is 0 Å². The highest BCUT2D eigenvalue weighted by Crippen LogP contribution is 2.28. The molecule has 2 aromatic carbocycles. The van der Waals surface area contributed by atoms with Crippen LogP contribution in [0.5, 0.6) is 11.5 Å². The van der Waals surface area contributed by atoms with Crippen LogP contribution < -0.4 is 14.8 Å². The summed E-state index contributed by atoms with van der Waals surface area (Å²) in [5, 5.41) is 4.40. The molecule has 6 heteroatoms. The van der Waals surface area contributed by atoms with Crippen molar-refractivity contribution in [3.63, 3.8) is 0 Å². The lowest BCUT2D eigenvalue weighted by atomic mass is 10.2. The summed E-state index contributed by atoms with van der Waals surface area (Å²) in [6.07, 6.45) is 1.88. The van der Waals surface area contributed by atoms with Crippen LogP contribution in [0, 0.1) is 0 Å². The number of methoxy groups -OCH3 is 1. The van der Waals surface area contributed by atoms with Gasteiger partial charge in [-0.2, -0.15) is 0 Å². The Labute approximate surface area is 151 Å².